The van der Waals surface area contributed by atoms with Gasteiger partial charge in [0.1, 0.15) is 0 Å². The van der Waals surface area contributed by atoms with Gasteiger partial charge in [0.05, 0.1) is 10.7 Å². The Bertz CT molecular complexity index is 675. The normalized spacial score (nSPS) is 17.7. The van der Waals surface area contributed by atoms with Gasteiger partial charge in [0.2, 0.25) is 5.91 Å². The zero-order valence-electron chi connectivity index (χ0n) is 12.0. The highest BCUT2D eigenvalue weighted by molar-refractivity contribution is 7.09. The Balaban J connectivity index is 1.74. The molecule has 21 heavy (non-hydrogen) atoms. The molecular formula is C17H18N2OS. The van der Waals surface area contributed by atoms with Crippen molar-refractivity contribution in [3.8, 4) is 11.3 Å². The highest BCUT2D eigenvalue weighted by atomic mass is 32.1. The minimum Gasteiger partial charge on any atom is -0.326 e. The molecule has 1 aromatic carbocycles. The summed E-state index contributed by atoms with van der Waals surface area (Å²) in [6.07, 6.45) is 7.03. The third-order valence-electron chi connectivity index (χ3n) is 3.68. The van der Waals surface area contributed by atoms with E-state index in [1.807, 2.05) is 36.6 Å². The van der Waals surface area contributed by atoms with Crippen LogP contribution in [0.1, 0.15) is 24.3 Å². The standard InChI is InChI=1S/C17H18N2OS/c1-12-18-16(11-21-12)14-8-5-9-15(10-14)19-17(20)13-6-3-2-4-7-13/h2-3,5,8-11,13H,4,6-7H2,1H3,(H,19,20)/t13-/m0/s1. The van der Waals surface area contributed by atoms with Gasteiger partial charge in [-0.25, -0.2) is 4.98 Å². The largest absolute Gasteiger partial charge is 0.326 e. The van der Waals surface area contributed by atoms with E-state index in [0.29, 0.717) is 0 Å². The van der Waals surface area contributed by atoms with E-state index in [1.165, 1.54) is 0 Å². The number of amides is 1. The number of allylic oxidation sites excluding steroid dienone is 2. The Labute approximate surface area is 128 Å². The third-order valence-corrected chi connectivity index (χ3v) is 4.46. The fraction of sp³-hybridized carbons (Fsp3) is 0.294. The first kappa shape index (κ1) is 14.0. The topological polar surface area (TPSA) is 42.0 Å². The van der Waals surface area contributed by atoms with Crippen molar-refractivity contribution < 1.29 is 4.79 Å². The van der Waals surface area contributed by atoms with Crippen LogP contribution in [0.2, 0.25) is 0 Å². The molecule has 0 radical (unpaired) electrons. The Morgan fingerprint density at radius 1 is 1.38 bits per heavy atom. The summed E-state index contributed by atoms with van der Waals surface area (Å²) in [7, 11) is 0. The maximum absolute atomic E-state index is 12.3. The number of nitrogens with zero attached hydrogens (tertiary/aromatic N) is 1. The molecule has 4 heteroatoms. The average molecular weight is 298 g/mol. The second kappa shape index (κ2) is 6.22. The minimum absolute atomic E-state index is 0.0974. The van der Waals surface area contributed by atoms with E-state index in [4.69, 9.17) is 0 Å². The highest BCUT2D eigenvalue weighted by Gasteiger charge is 2.18. The summed E-state index contributed by atoms with van der Waals surface area (Å²) < 4.78 is 0. The van der Waals surface area contributed by atoms with Crippen LogP contribution in [0.5, 0.6) is 0 Å². The molecular weight excluding hydrogens is 280 g/mol. The van der Waals surface area contributed by atoms with Gasteiger partial charge in [0, 0.05) is 22.5 Å². The molecule has 0 spiro atoms. The molecule has 1 heterocycles. The van der Waals surface area contributed by atoms with Crippen LogP contribution in [-0.2, 0) is 4.79 Å². The summed E-state index contributed by atoms with van der Waals surface area (Å²) in [5, 5.41) is 6.12. The van der Waals surface area contributed by atoms with Crippen LogP contribution in [0.25, 0.3) is 11.3 Å². The Kier molecular flexibility index (Phi) is 4.15. The first-order valence-corrected chi connectivity index (χ1v) is 8.09. The fourth-order valence-electron chi connectivity index (χ4n) is 2.53. The van der Waals surface area contributed by atoms with Gasteiger partial charge >= 0.3 is 0 Å². The van der Waals surface area contributed by atoms with E-state index < -0.39 is 0 Å². The van der Waals surface area contributed by atoms with Crippen molar-refractivity contribution >= 4 is 22.9 Å². The molecule has 0 aliphatic heterocycles. The lowest BCUT2D eigenvalue weighted by atomic mass is 9.93. The summed E-state index contributed by atoms with van der Waals surface area (Å²) in [6.45, 7) is 2.00. The van der Waals surface area contributed by atoms with Crippen LogP contribution < -0.4 is 5.32 Å². The van der Waals surface area contributed by atoms with E-state index >= 15 is 0 Å². The molecule has 1 N–H and O–H groups in total. The van der Waals surface area contributed by atoms with Crippen molar-refractivity contribution in [1.29, 1.82) is 0 Å². The molecule has 0 unspecified atom stereocenters. The summed E-state index contributed by atoms with van der Waals surface area (Å²) >= 11 is 1.64. The third kappa shape index (κ3) is 3.39. The smallest absolute Gasteiger partial charge is 0.227 e. The minimum atomic E-state index is 0.0974. The monoisotopic (exact) mass is 298 g/mol. The predicted octanol–water partition coefficient (Wildman–Crippen LogP) is 4.41. The van der Waals surface area contributed by atoms with E-state index in [-0.39, 0.29) is 11.8 Å². The maximum Gasteiger partial charge on any atom is 0.227 e. The average Bonchev–Trinajstić information content (AvgIpc) is 2.95. The van der Waals surface area contributed by atoms with Crippen molar-refractivity contribution in [1.82, 2.24) is 4.98 Å². The van der Waals surface area contributed by atoms with Crippen LogP contribution in [0.3, 0.4) is 0 Å². The molecule has 3 rings (SSSR count). The Morgan fingerprint density at radius 3 is 3.00 bits per heavy atom. The van der Waals surface area contributed by atoms with E-state index in [2.05, 4.69) is 22.5 Å². The van der Waals surface area contributed by atoms with Gasteiger partial charge in [0.25, 0.3) is 0 Å². The molecule has 0 fully saturated rings. The van der Waals surface area contributed by atoms with Gasteiger partial charge in [0.15, 0.2) is 0 Å². The van der Waals surface area contributed by atoms with Gasteiger partial charge in [-0.2, -0.15) is 0 Å². The number of anilines is 1. The second-order valence-corrected chi connectivity index (χ2v) is 6.37. The molecule has 0 saturated carbocycles. The molecule has 1 aromatic heterocycles. The van der Waals surface area contributed by atoms with Crippen LogP contribution in [0.15, 0.2) is 41.8 Å². The Hall–Kier alpha value is -1.94. The number of carbonyl (C=O) groups excluding carboxylic acids is 1. The molecule has 1 aliphatic carbocycles. The summed E-state index contributed by atoms with van der Waals surface area (Å²) in [4.78, 5) is 16.7. The lowest BCUT2D eigenvalue weighted by Crippen LogP contribution is -2.23. The molecule has 0 bridgehead atoms. The number of aromatic nitrogens is 1. The highest BCUT2D eigenvalue weighted by Crippen LogP contribution is 2.25. The molecule has 3 nitrogen and oxygen atoms in total. The number of thiazole rings is 1. The molecule has 108 valence electrons. The first-order chi connectivity index (χ1) is 10.2. The number of aryl methyl sites for hydroxylation is 1. The number of nitrogens with one attached hydrogen (secondary N) is 1. The number of rotatable bonds is 3. The van der Waals surface area contributed by atoms with Gasteiger partial charge in [-0.3, -0.25) is 4.79 Å². The first-order valence-electron chi connectivity index (χ1n) is 7.21. The van der Waals surface area contributed by atoms with Gasteiger partial charge in [-0.05, 0) is 38.3 Å². The summed E-state index contributed by atoms with van der Waals surface area (Å²) in [6, 6.07) is 7.90. The summed E-state index contributed by atoms with van der Waals surface area (Å²) in [5.41, 5.74) is 2.85. The van der Waals surface area contributed by atoms with Gasteiger partial charge < -0.3 is 5.32 Å². The van der Waals surface area contributed by atoms with E-state index in [1.54, 1.807) is 11.3 Å². The van der Waals surface area contributed by atoms with E-state index in [9.17, 15) is 4.79 Å². The SMILES string of the molecule is Cc1nc(-c2cccc(NC(=O)[C@H]3CC=CCC3)c2)cs1. The molecule has 1 atom stereocenters. The number of hydrogen-bond acceptors (Lipinski definition) is 3. The molecule has 0 saturated heterocycles. The van der Waals surface area contributed by atoms with Crippen molar-refractivity contribution in [3.63, 3.8) is 0 Å². The quantitative estimate of drug-likeness (QED) is 0.853. The van der Waals surface area contributed by atoms with Crippen LogP contribution in [-0.4, -0.2) is 10.9 Å². The van der Waals surface area contributed by atoms with Crippen molar-refractivity contribution in [3.05, 3.63) is 46.8 Å². The lowest BCUT2D eigenvalue weighted by molar-refractivity contribution is -0.120. The number of carbonyl (C=O) groups is 1. The van der Waals surface area contributed by atoms with Crippen molar-refractivity contribution in [2.75, 3.05) is 5.32 Å². The Morgan fingerprint density at radius 2 is 2.29 bits per heavy atom. The van der Waals surface area contributed by atoms with Crippen LogP contribution >= 0.6 is 11.3 Å². The van der Waals surface area contributed by atoms with Crippen LogP contribution in [0, 0.1) is 12.8 Å². The molecule has 1 amide bonds. The second-order valence-electron chi connectivity index (χ2n) is 5.30. The lowest BCUT2D eigenvalue weighted by Gasteiger charge is -2.17. The van der Waals surface area contributed by atoms with Gasteiger partial charge in [-0.1, -0.05) is 24.3 Å². The van der Waals surface area contributed by atoms with E-state index in [0.717, 1.165) is 41.2 Å². The number of hydrogen-bond donors (Lipinski definition) is 1. The van der Waals surface area contributed by atoms with Crippen molar-refractivity contribution in [2.24, 2.45) is 5.92 Å². The van der Waals surface area contributed by atoms with Crippen molar-refractivity contribution in [2.45, 2.75) is 26.2 Å². The zero-order valence-corrected chi connectivity index (χ0v) is 12.8. The number of benzene rings is 1. The maximum atomic E-state index is 12.3. The van der Waals surface area contributed by atoms with Gasteiger partial charge in [-0.15, -0.1) is 11.3 Å². The predicted molar refractivity (Wildman–Crippen MR) is 87.4 cm³/mol. The fourth-order valence-corrected chi connectivity index (χ4v) is 3.15. The molecule has 1 aliphatic rings. The van der Waals surface area contributed by atoms with Crippen LogP contribution in [0.4, 0.5) is 5.69 Å². The summed E-state index contributed by atoms with van der Waals surface area (Å²) in [5.74, 6) is 0.214. The molecule has 2 aromatic rings. The zero-order chi connectivity index (χ0) is 14.7.